The van der Waals surface area contributed by atoms with Gasteiger partial charge in [0, 0.05) is 85.1 Å². The average molecular weight is 1830 g/mol. The van der Waals surface area contributed by atoms with Gasteiger partial charge in [-0.25, -0.2) is 4.79 Å². The highest BCUT2D eigenvalue weighted by Gasteiger charge is 2.22. The van der Waals surface area contributed by atoms with Crippen LogP contribution in [-0.4, -0.2) is 11.9 Å². The van der Waals surface area contributed by atoms with Crippen LogP contribution in [0.3, 0.4) is 0 Å². The highest BCUT2D eigenvalue weighted by atomic mass is 16.5. The number of nitrogens with one attached hydrogen (secondary N) is 1. The fraction of sp³-hybridized carbons (Fsp3) is 0.0149. The summed E-state index contributed by atoms with van der Waals surface area (Å²) in [6, 6.07) is 193. The topological polar surface area (TPSA) is 68.4 Å². The molecule has 0 aliphatic heterocycles. The molecule has 0 aromatic heterocycles. The van der Waals surface area contributed by atoms with Crippen LogP contribution in [0.5, 0.6) is 5.75 Å². The highest BCUT2D eigenvalue weighted by Crippen LogP contribution is 2.45. The number of anilines is 13. The summed E-state index contributed by atoms with van der Waals surface area (Å²) in [6.07, 6.45) is 0. The smallest absolute Gasteiger partial charge is 0.338 e. The molecule has 8 heteroatoms. The molecule has 0 fully saturated rings. The van der Waals surface area contributed by atoms with E-state index in [2.05, 4.69) is 529 Å². The van der Waals surface area contributed by atoms with E-state index in [9.17, 15) is 9.59 Å². The Balaban J connectivity index is 0.000000174. The maximum atomic E-state index is 12.0. The lowest BCUT2D eigenvalue weighted by atomic mass is 9.99. The minimum Gasteiger partial charge on any atom is -0.423 e. The number of benzene rings is 21. The Morgan fingerprint density at radius 2 is 0.303 bits per heavy atom. The fourth-order valence-electron chi connectivity index (χ4n) is 18.0. The molecule has 0 unspecified atom stereocenters. The molecule has 680 valence electrons. The second-order valence-corrected chi connectivity index (χ2v) is 35.2. The molecule has 8 nitrogen and oxygen atoms in total. The largest absolute Gasteiger partial charge is 0.423 e. The van der Waals surface area contributed by atoms with E-state index in [1.165, 1.54) is 55.6 Å². The number of carbonyl (C=O) groups is 2. The number of hydrogen-bond donors (Lipinski definition) is 1. The molecule has 0 saturated carbocycles. The lowest BCUT2D eigenvalue weighted by molar-refractivity contribution is -0.130. The minimum atomic E-state index is -0.430. The molecule has 0 aliphatic rings. The van der Waals surface area contributed by atoms with E-state index in [1.807, 2.05) is 54.6 Å². The lowest BCUT2D eigenvalue weighted by Crippen LogP contribution is -2.11. The van der Waals surface area contributed by atoms with Crippen molar-refractivity contribution in [3.8, 4) is 128 Å². The molecule has 21 aromatic rings. The van der Waals surface area contributed by atoms with Gasteiger partial charge in [-0.15, -0.1) is 0 Å². The number of amides is 1. The zero-order valence-electron chi connectivity index (χ0n) is 78.9. The normalized spacial score (nSPS) is 10.9. The molecule has 1 amide bonds. The van der Waals surface area contributed by atoms with Gasteiger partial charge >= 0.3 is 5.97 Å². The first kappa shape index (κ1) is 91.0. The third kappa shape index (κ3) is 21.2. The predicted molar refractivity (Wildman–Crippen MR) is 595 cm³/mol. The third-order valence-corrected chi connectivity index (χ3v) is 25.6. The van der Waals surface area contributed by atoms with Gasteiger partial charge in [0.05, 0.1) is 0 Å². The van der Waals surface area contributed by atoms with Gasteiger partial charge in [0.15, 0.2) is 0 Å². The Kier molecular flexibility index (Phi) is 27.3. The SMILES string of the molecule is C=C(C)C(=O)Nc1ccc(-c2ccc(-c3ccc(N(c4ccccc4)c4ccc(-c5ccc(N(c6ccc(-c7ccccc7)cc6)c6ccc(-c7ccccc7)cc6)cc5)cc4)cc3)cc2)cc1.C=C(C)C(=O)Oc1ccc(-c2ccc(-c3ccc(N(c4ccc(-c5ccccc5)cc4)c4ccc(-c5ccc(N(c6ccc(-c7ccccc7)cc6)c6ccc(-c7ccccc7)cc6)cc5)cc4)cc3)cc2)cc1. The van der Waals surface area contributed by atoms with Crippen LogP contribution in [0.4, 0.5) is 73.9 Å². The molecule has 0 aliphatic carbocycles. The standard InChI is InChI=1S/C70H52N2O2.C64H49N3O/c1-50(2)70(73)74-69-48-34-62(35-49-69)55-20-18-54(19-21-55)59-28-42-66(43-29-59)72(65-40-26-58(27-41-65)53-16-10-5-11-17-53)68-46-32-61(33-47-68)60-30-44-67(45-31-60)71(63-36-22-56(23-37-63)51-12-6-3-7-13-51)64-38-24-57(25-39-64)52-14-8-4-9-15-52;1-46(2)64(68)65-57-34-22-51(23-35-57)49-18-20-50(21-19-49)54-28-40-59(41-29-54)66(58-16-10-5-11-17-58)60-42-30-55(31-43-60)56-32-44-63(45-33-56)67(61-36-24-52(25-37-61)47-12-6-3-7-13-47)62-38-26-53(27-39-62)48-14-8-4-9-15-48/h3-49H,1H2,2H3;3-45H,1H2,2H3,(H,65,68). The number of rotatable bonds is 27. The number of para-hydroxylation sites is 1. The number of hydrogen-bond acceptors (Lipinski definition) is 7. The van der Waals surface area contributed by atoms with Gasteiger partial charge in [0.25, 0.3) is 5.91 Å². The first-order valence-electron chi connectivity index (χ1n) is 47.7. The second-order valence-electron chi connectivity index (χ2n) is 35.2. The highest BCUT2D eigenvalue weighted by molar-refractivity contribution is 6.03. The van der Waals surface area contributed by atoms with Crippen LogP contribution >= 0.6 is 0 Å². The first-order chi connectivity index (χ1) is 69.8. The van der Waals surface area contributed by atoms with E-state index in [0.29, 0.717) is 16.9 Å². The van der Waals surface area contributed by atoms with Crippen molar-refractivity contribution in [2.24, 2.45) is 0 Å². The van der Waals surface area contributed by atoms with Gasteiger partial charge in [0.2, 0.25) is 0 Å². The molecule has 0 spiro atoms. The van der Waals surface area contributed by atoms with E-state index in [-0.39, 0.29) is 5.91 Å². The quantitative estimate of drug-likeness (QED) is 0.0313. The summed E-state index contributed by atoms with van der Waals surface area (Å²) in [5, 5.41) is 2.87. The van der Waals surface area contributed by atoms with E-state index in [0.717, 1.165) is 141 Å². The van der Waals surface area contributed by atoms with Gasteiger partial charge in [-0.2, -0.15) is 0 Å². The maximum Gasteiger partial charge on any atom is 0.338 e. The minimum absolute atomic E-state index is 0.178. The molecule has 142 heavy (non-hydrogen) atoms. The van der Waals surface area contributed by atoms with Crippen LogP contribution in [0.15, 0.2) is 570 Å². The maximum absolute atomic E-state index is 12.0. The molecule has 0 saturated heterocycles. The Labute approximate surface area is 831 Å². The molecule has 1 N–H and O–H groups in total. The molecule has 0 atom stereocenters. The first-order valence-corrected chi connectivity index (χ1v) is 47.7. The summed E-state index contributed by atoms with van der Waals surface area (Å²) in [5.74, 6) is -0.115. The molecule has 0 bridgehead atoms. The number of esters is 1. The summed E-state index contributed by atoms with van der Waals surface area (Å²) in [7, 11) is 0. The lowest BCUT2D eigenvalue weighted by Gasteiger charge is -2.27. The van der Waals surface area contributed by atoms with Gasteiger partial charge in [-0.05, 0) is 306 Å². The fourth-order valence-corrected chi connectivity index (χ4v) is 18.0. The van der Waals surface area contributed by atoms with Gasteiger partial charge in [0.1, 0.15) is 5.75 Å². The molecule has 0 heterocycles. The Hall–Kier alpha value is -18.8. The van der Waals surface area contributed by atoms with E-state index < -0.39 is 5.97 Å². The van der Waals surface area contributed by atoms with Crippen molar-refractivity contribution in [3.63, 3.8) is 0 Å². The average Bonchev–Trinajstić information content (AvgIpc) is 0.792. The van der Waals surface area contributed by atoms with Gasteiger partial charge in [-0.1, -0.05) is 389 Å². The second kappa shape index (κ2) is 42.7. The summed E-state index contributed by atoms with van der Waals surface area (Å²) in [5.41, 5.74) is 39.7. The molecule has 21 rings (SSSR count). The molecule has 0 radical (unpaired) electrons. The van der Waals surface area contributed by atoms with Gasteiger partial charge < -0.3 is 29.7 Å². The molecular formula is C134H101N5O3. The van der Waals surface area contributed by atoms with E-state index in [1.54, 1.807) is 13.8 Å². The van der Waals surface area contributed by atoms with Crippen LogP contribution in [0, 0.1) is 0 Å². The Morgan fingerprint density at radius 3 is 0.465 bits per heavy atom. The van der Waals surface area contributed by atoms with Crippen LogP contribution in [0.25, 0.3) is 122 Å². The van der Waals surface area contributed by atoms with Crippen molar-refractivity contribution < 1.29 is 14.3 Å². The van der Waals surface area contributed by atoms with Crippen molar-refractivity contribution >= 4 is 85.8 Å². The molecular weight excluding hydrogens is 1730 g/mol. The van der Waals surface area contributed by atoms with Crippen LogP contribution in [0.1, 0.15) is 13.8 Å². The van der Waals surface area contributed by atoms with Gasteiger partial charge in [-0.3, -0.25) is 4.79 Å². The number of carbonyl (C=O) groups excluding carboxylic acids is 2. The van der Waals surface area contributed by atoms with E-state index in [4.69, 9.17) is 4.74 Å². The van der Waals surface area contributed by atoms with Crippen LogP contribution in [0.2, 0.25) is 0 Å². The van der Waals surface area contributed by atoms with E-state index >= 15 is 0 Å². The number of ether oxygens (including phenoxy) is 1. The summed E-state index contributed by atoms with van der Waals surface area (Å²) in [6.45, 7) is 10.7. The van der Waals surface area contributed by atoms with Crippen LogP contribution < -0.4 is 29.7 Å². The predicted octanol–water partition coefficient (Wildman–Crippen LogP) is 36.6. The summed E-state index contributed by atoms with van der Waals surface area (Å²) >= 11 is 0. The third-order valence-electron chi connectivity index (χ3n) is 25.6. The van der Waals surface area contributed by atoms with Crippen molar-refractivity contribution in [1.29, 1.82) is 0 Å². The number of nitrogens with zero attached hydrogens (tertiary/aromatic N) is 4. The van der Waals surface area contributed by atoms with Crippen molar-refractivity contribution in [2.75, 3.05) is 24.9 Å². The van der Waals surface area contributed by atoms with Crippen molar-refractivity contribution in [1.82, 2.24) is 0 Å². The zero-order chi connectivity index (χ0) is 96.5. The van der Waals surface area contributed by atoms with Crippen molar-refractivity contribution in [2.45, 2.75) is 13.8 Å². The molecule has 21 aromatic carbocycles. The van der Waals surface area contributed by atoms with Crippen molar-refractivity contribution in [3.05, 3.63) is 570 Å². The Bertz CT molecular complexity index is 7680. The monoisotopic (exact) mass is 1830 g/mol. The van der Waals surface area contributed by atoms with Crippen LogP contribution in [-0.2, 0) is 9.59 Å². The summed E-state index contributed by atoms with van der Waals surface area (Å²) in [4.78, 5) is 33.3. The zero-order valence-corrected chi connectivity index (χ0v) is 78.9. The Morgan fingerprint density at radius 1 is 0.169 bits per heavy atom. The summed E-state index contributed by atoms with van der Waals surface area (Å²) < 4.78 is 5.39.